The monoisotopic (exact) mass is 189 g/mol. The first-order valence-corrected chi connectivity index (χ1v) is 2.58. The van der Waals surface area contributed by atoms with E-state index in [1.54, 1.807) is 0 Å². The van der Waals surface area contributed by atoms with Crippen LogP contribution in [0.2, 0.25) is 0 Å². The maximum atomic E-state index is 11.9. The minimum atomic E-state index is -4.27. The van der Waals surface area contributed by atoms with Crippen LogP contribution >= 0.6 is 11.6 Å². The highest BCUT2D eigenvalue weighted by Gasteiger charge is 2.45. The molecule has 0 radical (unpaired) electrons. The summed E-state index contributed by atoms with van der Waals surface area (Å²) in [7, 11) is 0. The van der Waals surface area contributed by atoms with Gasteiger partial charge in [0.2, 0.25) is 6.61 Å². The molecule has 5 nitrogen and oxygen atoms in total. The molecule has 0 aliphatic carbocycles. The third kappa shape index (κ3) is 3.66. The molecular formula is C3H2ClF2NO4. The number of halogens is 3. The van der Waals surface area contributed by atoms with E-state index < -0.39 is 23.0 Å². The molecule has 0 aromatic heterocycles. The van der Waals surface area contributed by atoms with Gasteiger partial charge in [0, 0.05) is 11.6 Å². The molecule has 0 heterocycles. The van der Waals surface area contributed by atoms with Gasteiger partial charge in [0.1, 0.15) is 0 Å². The smallest absolute Gasteiger partial charge is 0.439 e. The van der Waals surface area contributed by atoms with Crippen LogP contribution in [0.3, 0.4) is 0 Å². The highest BCUT2D eigenvalue weighted by atomic mass is 35.5. The molecule has 0 fully saturated rings. The molecule has 0 spiro atoms. The largest absolute Gasteiger partial charge is 0.545 e. The molecule has 0 saturated heterocycles. The van der Waals surface area contributed by atoms with Crippen molar-refractivity contribution in [2.24, 2.45) is 0 Å². The maximum absolute atomic E-state index is 11.9. The van der Waals surface area contributed by atoms with Crippen LogP contribution in [0.4, 0.5) is 13.6 Å². The Morgan fingerprint density at radius 3 is 2.45 bits per heavy atom. The number of carbonyl (C=O) groups excluding carboxylic acids is 1. The normalized spacial score (nSPS) is 10.8. The van der Waals surface area contributed by atoms with Gasteiger partial charge in [-0.05, 0) is 0 Å². The molecule has 64 valence electrons. The Morgan fingerprint density at radius 2 is 2.18 bits per heavy atom. The van der Waals surface area contributed by atoms with E-state index in [2.05, 4.69) is 16.3 Å². The van der Waals surface area contributed by atoms with E-state index in [9.17, 15) is 23.7 Å². The third-order valence-corrected chi connectivity index (χ3v) is 0.736. The lowest BCUT2D eigenvalue weighted by atomic mass is 10.6. The van der Waals surface area contributed by atoms with Crippen molar-refractivity contribution in [1.29, 1.82) is 0 Å². The first kappa shape index (κ1) is 10.0. The van der Waals surface area contributed by atoms with Gasteiger partial charge < -0.3 is 4.74 Å². The number of hydrogen-bond acceptors (Lipinski definition) is 4. The van der Waals surface area contributed by atoms with Crippen molar-refractivity contribution in [1.82, 2.24) is 0 Å². The summed E-state index contributed by atoms with van der Waals surface area (Å²) < 4.78 is 27.2. The van der Waals surface area contributed by atoms with Gasteiger partial charge in [-0.25, -0.2) is 4.79 Å². The van der Waals surface area contributed by atoms with Crippen molar-refractivity contribution >= 4 is 17.0 Å². The van der Waals surface area contributed by atoms with Crippen molar-refractivity contribution in [2.75, 3.05) is 6.61 Å². The average Bonchev–Trinajstić information content (AvgIpc) is 1.84. The van der Waals surface area contributed by atoms with Gasteiger partial charge in [-0.3, -0.25) is 10.1 Å². The average molecular weight is 190 g/mol. The van der Waals surface area contributed by atoms with Crippen LogP contribution < -0.4 is 0 Å². The molecule has 0 saturated carbocycles. The Morgan fingerprint density at radius 1 is 1.73 bits per heavy atom. The Balaban J connectivity index is 3.92. The van der Waals surface area contributed by atoms with E-state index in [0.717, 1.165) is 0 Å². The molecule has 0 aromatic rings. The van der Waals surface area contributed by atoms with Gasteiger partial charge >= 0.3 is 11.5 Å². The van der Waals surface area contributed by atoms with Crippen molar-refractivity contribution in [3.63, 3.8) is 0 Å². The van der Waals surface area contributed by atoms with Gasteiger partial charge in [-0.1, -0.05) is 0 Å². The van der Waals surface area contributed by atoms with Gasteiger partial charge in [0.05, 0.1) is 4.92 Å². The van der Waals surface area contributed by atoms with E-state index in [4.69, 9.17) is 0 Å². The molecule has 0 unspecified atom stereocenters. The highest BCUT2D eigenvalue weighted by Crippen LogP contribution is 2.14. The van der Waals surface area contributed by atoms with Crippen molar-refractivity contribution in [3.8, 4) is 0 Å². The molecule has 0 N–H and O–H groups in total. The van der Waals surface area contributed by atoms with E-state index in [1.165, 1.54) is 0 Å². The number of hydrogen-bond donors (Lipinski definition) is 0. The van der Waals surface area contributed by atoms with Crippen molar-refractivity contribution in [3.05, 3.63) is 10.1 Å². The standard InChI is InChI=1S/C3H2ClF2NO4/c4-2(8)11-1-3(5,6)7(9)10/h1H2. The van der Waals surface area contributed by atoms with Crippen LogP contribution in [0.5, 0.6) is 0 Å². The van der Waals surface area contributed by atoms with E-state index in [1.807, 2.05) is 0 Å². The van der Waals surface area contributed by atoms with Crippen LogP contribution in [-0.4, -0.2) is 23.0 Å². The van der Waals surface area contributed by atoms with Gasteiger partial charge in [-0.2, -0.15) is 0 Å². The summed E-state index contributed by atoms with van der Waals surface area (Å²) in [6, 6.07) is -4.27. The molecule has 0 atom stereocenters. The predicted molar refractivity (Wildman–Crippen MR) is 29.1 cm³/mol. The summed E-state index contributed by atoms with van der Waals surface area (Å²) in [5.41, 5.74) is -1.51. The lowest BCUT2D eigenvalue weighted by Gasteiger charge is -2.04. The fraction of sp³-hybridized carbons (Fsp3) is 0.667. The van der Waals surface area contributed by atoms with Gasteiger partial charge in [-0.15, -0.1) is 8.78 Å². The third-order valence-electron chi connectivity index (χ3n) is 0.626. The molecule has 0 aromatic carbocycles. The van der Waals surface area contributed by atoms with Gasteiger partial charge in [0.25, 0.3) is 0 Å². The van der Waals surface area contributed by atoms with Crippen LogP contribution in [0.25, 0.3) is 0 Å². The summed E-state index contributed by atoms with van der Waals surface area (Å²) in [6.45, 7) is -1.65. The molecule has 0 bridgehead atoms. The zero-order chi connectivity index (χ0) is 9.07. The fourth-order valence-corrected chi connectivity index (χ4v) is 0.251. The van der Waals surface area contributed by atoms with Crippen LogP contribution in [0.15, 0.2) is 0 Å². The Bertz CT molecular complexity index is 184. The fourth-order valence-electron chi connectivity index (χ4n) is 0.196. The van der Waals surface area contributed by atoms with E-state index in [-0.39, 0.29) is 0 Å². The SMILES string of the molecule is O=C(Cl)OCC(F)(F)[N+](=O)[O-]. The topological polar surface area (TPSA) is 69.4 Å². The number of ether oxygens (including phenoxy) is 1. The number of carbonyl (C=O) groups is 1. The summed E-state index contributed by atoms with van der Waals surface area (Å²) in [6.07, 6.45) is 0. The molecule has 0 amide bonds. The van der Waals surface area contributed by atoms with Crippen molar-refractivity contribution < 1.29 is 23.2 Å². The molecule has 0 aliphatic rings. The van der Waals surface area contributed by atoms with E-state index in [0.29, 0.717) is 0 Å². The van der Waals surface area contributed by atoms with Crippen LogP contribution in [-0.2, 0) is 4.74 Å². The highest BCUT2D eigenvalue weighted by molar-refractivity contribution is 6.61. The second-order valence-corrected chi connectivity index (χ2v) is 1.76. The Labute approximate surface area is 64.0 Å². The Kier molecular flexibility index (Phi) is 3.12. The number of nitrogens with zero attached hydrogens (tertiary/aromatic N) is 1. The van der Waals surface area contributed by atoms with Crippen LogP contribution in [0, 0.1) is 10.1 Å². The summed E-state index contributed by atoms with van der Waals surface area (Å²) in [4.78, 5) is 17.3. The minimum Gasteiger partial charge on any atom is -0.439 e. The minimum absolute atomic E-state index is 1.51. The predicted octanol–water partition coefficient (Wildman–Crippen LogP) is 1.23. The molecule has 0 rings (SSSR count). The van der Waals surface area contributed by atoms with Crippen molar-refractivity contribution in [2.45, 2.75) is 6.05 Å². The second-order valence-electron chi connectivity index (χ2n) is 1.45. The second kappa shape index (κ2) is 3.42. The first-order chi connectivity index (χ1) is 4.86. The zero-order valence-electron chi connectivity index (χ0n) is 4.92. The zero-order valence-corrected chi connectivity index (χ0v) is 5.68. The quantitative estimate of drug-likeness (QED) is 0.290. The molecule has 0 aliphatic heterocycles. The lowest BCUT2D eigenvalue weighted by molar-refractivity contribution is -0.646. The number of rotatable bonds is 3. The van der Waals surface area contributed by atoms with E-state index >= 15 is 0 Å². The number of alkyl halides is 2. The summed E-state index contributed by atoms with van der Waals surface area (Å²) in [5, 5.41) is 9.45. The first-order valence-electron chi connectivity index (χ1n) is 2.21. The molecule has 11 heavy (non-hydrogen) atoms. The summed E-state index contributed by atoms with van der Waals surface area (Å²) >= 11 is 4.47. The Hall–Kier alpha value is -0.980. The molecular weight excluding hydrogens is 187 g/mol. The van der Waals surface area contributed by atoms with Gasteiger partial charge in [0.15, 0.2) is 0 Å². The summed E-state index contributed by atoms with van der Waals surface area (Å²) in [5.74, 6) is 0. The lowest BCUT2D eigenvalue weighted by Crippen LogP contribution is -2.33. The van der Waals surface area contributed by atoms with Crippen LogP contribution in [0.1, 0.15) is 0 Å². The molecule has 8 heteroatoms. The maximum Gasteiger partial charge on any atom is 0.545 e. The number of nitro groups is 1.